The van der Waals surface area contributed by atoms with Crippen molar-refractivity contribution in [2.24, 2.45) is 0 Å². The fraction of sp³-hybridized carbons (Fsp3) is 0.286. The van der Waals surface area contributed by atoms with Crippen molar-refractivity contribution in [1.29, 1.82) is 0 Å². The maximum atomic E-state index is 14.2. The minimum Gasteiger partial charge on any atom is -0.497 e. The topological polar surface area (TPSA) is 70.6 Å². The van der Waals surface area contributed by atoms with Gasteiger partial charge in [-0.05, 0) is 12.1 Å². The number of benzene rings is 1. The molecule has 1 fully saturated rings. The number of pyridine rings is 1. The van der Waals surface area contributed by atoms with Crippen molar-refractivity contribution in [1.82, 2.24) is 19.8 Å². The van der Waals surface area contributed by atoms with Crippen molar-refractivity contribution < 1.29 is 13.9 Å². The summed E-state index contributed by atoms with van der Waals surface area (Å²) >= 11 is 7.30. The standard InChI is InChI=1S/C21H21ClFN5O2S/c1-30-15-11-14(25-18(12-15)26-21-24-5-10-31-21)13-27-6-8-28(9-7-27)20(29)16-3-2-4-17(22)19(16)23/h2-5,10-12H,6-9,13H2,1H3,(H,24,25,26). The number of rotatable bonds is 6. The summed E-state index contributed by atoms with van der Waals surface area (Å²) in [6.07, 6.45) is 1.73. The Morgan fingerprint density at radius 1 is 1.29 bits per heavy atom. The van der Waals surface area contributed by atoms with Gasteiger partial charge in [-0.15, -0.1) is 11.3 Å². The highest BCUT2D eigenvalue weighted by atomic mass is 35.5. The third-order valence-electron chi connectivity index (χ3n) is 4.98. The Bertz CT molecular complexity index is 1060. The van der Waals surface area contributed by atoms with E-state index in [-0.39, 0.29) is 16.5 Å². The summed E-state index contributed by atoms with van der Waals surface area (Å²) in [4.78, 5) is 25.4. The summed E-state index contributed by atoms with van der Waals surface area (Å²) < 4.78 is 19.6. The summed E-state index contributed by atoms with van der Waals surface area (Å²) in [5.41, 5.74) is 0.854. The molecule has 1 amide bonds. The summed E-state index contributed by atoms with van der Waals surface area (Å²) in [6.45, 7) is 2.92. The molecule has 0 radical (unpaired) electrons. The molecule has 0 spiro atoms. The normalized spacial score (nSPS) is 14.5. The first-order valence-electron chi connectivity index (χ1n) is 9.70. The zero-order valence-electron chi connectivity index (χ0n) is 16.8. The highest BCUT2D eigenvalue weighted by Crippen LogP contribution is 2.24. The van der Waals surface area contributed by atoms with E-state index in [1.165, 1.54) is 23.5 Å². The van der Waals surface area contributed by atoms with Gasteiger partial charge in [-0.1, -0.05) is 17.7 Å². The van der Waals surface area contributed by atoms with E-state index in [1.807, 2.05) is 17.5 Å². The van der Waals surface area contributed by atoms with Crippen molar-refractivity contribution in [2.45, 2.75) is 6.54 Å². The largest absolute Gasteiger partial charge is 0.497 e. The molecule has 1 aliphatic rings. The lowest BCUT2D eigenvalue weighted by atomic mass is 10.1. The van der Waals surface area contributed by atoms with Crippen molar-refractivity contribution in [3.05, 3.63) is 64.0 Å². The number of hydrogen-bond donors (Lipinski definition) is 1. The SMILES string of the molecule is COc1cc(CN2CCN(C(=O)c3cccc(Cl)c3F)CC2)nc(Nc2nccs2)c1. The molecule has 0 atom stereocenters. The number of nitrogens with zero attached hydrogens (tertiary/aromatic N) is 4. The summed E-state index contributed by atoms with van der Waals surface area (Å²) in [5, 5.41) is 5.78. The molecule has 0 saturated carbocycles. The van der Waals surface area contributed by atoms with Gasteiger partial charge in [-0.3, -0.25) is 9.69 Å². The summed E-state index contributed by atoms with van der Waals surface area (Å²) in [6, 6.07) is 8.20. The molecule has 10 heteroatoms. The number of piperazine rings is 1. The van der Waals surface area contributed by atoms with E-state index in [4.69, 9.17) is 16.3 Å². The molecule has 3 aromatic rings. The average molecular weight is 462 g/mol. The van der Waals surface area contributed by atoms with Crippen LogP contribution in [0.1, 0.15) is 16.1 Å². The van der Waals surface area contributed by atoms with Crippen LogP contribution in [-0.2, 0) is 6.54 Å². The predicted octanol–water partition coefficient (Wildman–Crippen LogP) is 4.04. The lowest BCUT2D eigenvalue weighted by molar-refractivity contribution is 0.0622. The molecule has 7 nitrogen and oxygen atoms in total. The van der Waals surface area contributed by atoms with Gasteiger partial charge < -0.3 is 15.0 Å². The van der Waals surface area contributed by atoms with Crippen LogP contribution in [0.3, 0.4) is 0 Å². The van der Waals surface area contributed by atoms with Crippen LogP contribution in [0.4, 0.5) is 15.3 Å². The second kappa shape index (κ2) is 9.59. The van der Waals surface area contributed by atoms with Gasteiger partial charge in [0.25, 0.3) is 5.91 Å². The van der Waals surface area contributed by atoms with Crippen molar-refractivity contribution in [3.8, 4) is 5.75 Å². The number of methoxy groups -OCH3 is 1. The van der Waals surface area contributed by atoms with Crippen molar-refractivity contribution in [3.63, 3.8) is 0 Å². The number of nitrogens with one attached hydrogen (secondary N) is 1. The molecule has 4 rings (SSSR count). The number of thiazole rings is 1. The van der Waals surface area contributed by atoms with E-state index in [9.17, 15) is 9.18 Å². The number of ether oxygens (including phenoxy) is 1. The fourth-order valence-corrected chi connectivity index (χ4v) is 4.11. The minimum absolute atomic E-state index is 0.00770. The van der Waals surface area contributed by atoms with E-state index < -0.39 is 5.82 Å². The van der Waals surface area contributed by atoms with Crippen LogP contribution in [0.2, 0.25) is 5.02 Å². The third-order valence-corrected chi connectivity index (χ3v) is 5.96. The van der Waals surface area contributed by atoms with Gasteiger partial charge in [0.2, 0.25) is 0 Å². The molecule has 1 aromatic carbocycles. The Morgan fingerprint density at radius 3 is 2.81 bits per heavy atom. The maximum absolute atomic E-state index is 14.2. The molecule has 0 unspecified atom stereocenters. The van der Waals surface area contributed by atoms with Crippen LogP contribution in [0, 0.1) is 5.82 Å². The Hall–Kier alpha value is -2.75. The van der Waals surface area contributed by atoms with Gasteiger partial charge in [0.05, 0.1) is 23.4 Å². The molecule has 0 aliphatic carbocycles. The van der Waals surface area contributed by atoms with E-state index in [0.29, 0.717) is 44.3 Å². The van der Waals surface area contributed by atoms with Gasteiger partial charge in [0.1, 0.15) is 11.6 Å². The van der Waals surface area contributed by atoms with E-state index >= 15 is 0 Å². The second-order valence-electron chi connectivity index (χ2n) is 7.02. The Labute approximate surface area is 188 Å². The molecule has 1 saturated heterocycles. The summed E-state index contributed by atoms with van der Waals surface area (Å²) in [5.74, 6) is 0.357. The molecule has 162 valence electrons. The number of carbonyl (C=O) groups is 1. The van der Waals surface area contributed by atoms with Crippen LogP contribution in [0.5, 0.6) is 5.75 Å². The molecular formula is C21H21ClFN5O2S. The monoisotopic (exact) mass is 461 g/mol. The molecular weight excluding hydrogens is 441 g/mol. The van der Waals surface area contributed by atoms with E-state index in [1.54, 1.807) is 24.3 Å². The number of aromatic nitrogens is 2. The van der Waals surface area contributed by atoms with Crippen LogP contribution >= 0.6 is 22.9 Å². The van der Waals surface area contributed by atoms with Gasteiger partial charge in [0.15, 0.2) is 10.9 Å². The van der Waals surface area contributed by atoms with Crippen molar-refractivity contribution in [2.75, 3.05) is 38.6 Å². The zero-order chi connectivity index (χ0) is 21.8. The first kappa shape index (κ1) is 21.5. The number of hydrogen-bond acceptors (Lipinski definition) is 7. The number of halogens is 2. The van der Waals surface area contributed by atoms with Gasteiger partial charge in [-0.2, -0.15) is 0 Å². The van der Waals surface area contributed by atoms with Crippen molar-refractivity contribution >= 4 is 39.8 Å². The quantitative estimate of drug-likeness (QED) is 0.597. The summed E-state index contributed by atoms with van der Waals surface area (Å²) in [7, 11) is 1.62. The first-order chi connectivity index (χ1) is 15.0. The number of carbonyl (C=O) groups excluding carboxylic acids is 1. The van der Waals surface area contributed by atoms with Crippen LogP contribution in [-0.4, -0.2) is 59.0 Å². The molecule has 1 N–H and O–H groups in total. The number of amides is 1. The van der Waals surface area contributed by atoms with Gasteiger partial charge >= 0.3 is 0 Å². The van der Waals surface area contributed by atoms with E-state index in [0.717, 1.165) is 10.8 Å². The smallest absolute Gasteiger partial charge is 0.256 e. The molecule has 3 heterocycles. The molecule has 1 aliphatic heterocycles. The Morgan fingerprint density at radius 2 is 2.10 bits per heavy atom. The molecule has 0 bridgehead atoms. The number of anilines is 2. The Kier molecular flexibility index (Phi) is 6.64. The fourth-order valence-electron chi connectivity index (χ4n) is 3.39. The van der Waals surface area contributed by atoms with Crippen LogP contribution in [0.15, 0.2) is 41.9 Å². The van der Waals surface area contributed by atoms with E-state index in [2.05, 4.69) is 20.2 Å². The minimum atomic E-state index is -0.669. The first-order valence-corrected chi connectivity index (χ1v) is 11.0. The Balaban J connectivity index is 1.39. The second-order valence-corrected chi connectivity index (χ2v) is 8.32. The lowest BCUT2D eigenvalue weighted by Crippen LogP contribution is -2.48. The molecule has 31 heavy (non-hydrogen) atoms. The predicted molar refractivity (Wildman–Crippen MR) is 119 cm³/mol. The highest BCUT2D eigenvalue weighted by molar-refractivity contribution is 7.13. The van der Waals surface area contributed by atoms with Crippen LogP contribution in [0.25, 0.3) is 0 Å². The average Bonchev–Trinajstić information content (AvgIpc) is 3.28. The highest BCUT2D eigenvalue weighted by Gasteiger charge is 2.25. The van der Waals surface area contributed by atoms with Gasteiger partial charge in [-0.25, -0.2) is 14.4 Å². The molecule has 2 aromatic heterocycles. The van der Waals surface area contributed by atoms with Gasteiger partial charge in [0, 0.05) is 56.4 Å². The van der Waals surface area contributed by atoms with Crippen LogP contribution < -0.4 is 10.1 Å². The zero-order valence-corrected chi connectivity index (χ0v) is 18.4. The maximum Gasteiger partial charge on any atom is 0.256 e. The lowest BCUT2D eigenvalue weighted by Gasteiger charge is -2.34. The third kappa shape index (κ3) is 5.12.